The molecule has 1 fully saturated rings. The summed E-state index contributed by atoms with van der Waals surface area (Å²) in [6.07, 6.45) is 2.72. The molecule has 2 nitrogen and oxygen atoms in total. The normalized spacial score (nSPS) is 22.2. The van der Waals surface area contributed by atoms with E-state index in [1.165, 1.54) is 39.0 Å². The monoisotopic (exact) mass is 184 g/mol. The molecule has 0 bridgehead atoms. The predicted octanol–water partition coefficient (Wildman–Crippen LogP) is 1.72. The van der Waals surface area contributed by atoms with E-state index < -0.39 is 0 Å². The van der Waals surface area contributed by atoms with Crippen LogP contribution in [0.2, 0.25) is 0 Å². The average Bonchev–Trinajstić information content (AvgIpc) is 2.15. The molecule has 1 N–H and O–H groups in total. The summed E-state index contributed by atoms with van der Waals surface area (Å²) >= 11 is 0. The van der Waals surface area contributed by atoms with Crippen LogP contribution in [0.4, 0.5) is 0 Å². The van der Waals surface area contributed by atoms with Crippen LogP contribution in [-0.2, 0) is 0 Å². The van der Waals surface area contributed by atoms with Crippen molar-refractivity contribution in [3.8, 4) is 0 Å². The van der Waals surface area contributed by atoms with Gasteiger partial charge in [0, 0.05) is 32.2 Å². The van der Waals surface area contributed by atoms with Crippen LogP contribution in [0.3, 0.4) is 0 Å². The number of rotatable bonds is 4. The van der Waals surface area contributed by atoms with Crippen LogP contribution in [0.5, 0.6) is 0 Å². The maximum Gasteiger partial charge on any atom is 0.0110 e. The molecular weight excluding hydrogens is 160 g/mol. The summed E-state index contributed by atoms with van der Waals surface area (Å²) in [5, 5.41) is 3.39. The number of nitrogens with zero attached hydrogens (tertiary/aromatic N) is 1. The van der Waals surface area contributed by atoms with E-state index in [0.29, 0.717) is 0 Å². The van der Waals surface area contributed by atoms with Crippen LogP contribution in [0.1, 0.15) is 33.6 Å². The molecule has 1 unspecified atom stereocenters. The van der Waals surface area contributed by atoms with Gasteiger partial charge in [0.05, 0.1) is 0 Å². The molecule has 1 rings (SSSR count). The van der Waals surface area contributed by atoms with Crippen LogP contribution in [0, 0.1) is 5.92 Å². The Balaban J connectivity index is 2.17. The Morgan fingerprint density at radius 1 is 1.08 bits per heavy atom. The molecule has 0 radical (unpaired) electrons. The Bertz CT molecular complexity index is 128. The van der Waals surface area contributed by atoms with Crippen molar-refractivity contribution >= 4 is 0 Å². The summed E-state index contributed by atoms with van der Waals surface area (Å²) < 4.78 is 0. The first-order valence-electron chi connectivity index (χ1n) is 5.65. The minimum Gasteiger partial charge on any atom is -0.314 e. The fourth-order valence-corrected chi connectivity index (χ4v) is 1.88. The summed E-state index contributed by atoms with van der Waals surface area (Å²) in [4.78, 5) is 2.61. The second kappa shape index (κ2) is 5.61. The van der Waals surface area contributed by atoms with Gasteiger partial charge in [-0.1, -0.05) is 13.8 Å². The van der Waals surface area contributed by atoms with Gasteiger partial charge in [-0.2, -0.15) is 0 Å². The lowest BCUT2D eigenvalue weighted by Gasteiger charge is -2.33. The van der Waals surface area contributed by atoms with Crippen molar-refractivity contribution in [3.05, 3.63) is 0 Å². The van der Waals surface area contributed by atoms with Gasteiger partial charge in [-0.25, -0.2) is 0 Å². The second-order valence-electron chi connectivity index (χ2n) is 4.61. The SMILES string of the molecule is CC(C)CCC(C)N1CCNCC1. The van der Waals surface area contributed by atoms with Gasteiger partial charge in [0.25, 0.3) is 0 Å². The Morgan fingerprint density at radius 3 is 2.23 bits per heavy atom. The Morgan fingerprint density at radius 2 is 1.69 bits per heavy atom. The molecule has 2 heteroatoms. The topological polar surface area (TPSA) is 15.3 Å². The lowest BCUT2D eigenvalue weighted by Crippen LogP contribution is -2.47. The molecule has 0 aromatic carbocycles. The van der Waals surface area contributed by atoms with E-state index in [2.05, 4.69) is 31.0 Å². The fourth-order valence-electron chi connectivity index (χ4n) is 1.88. The maximum atomic E-state index is 3.39. The molecule has 0 amide bonds. The molecule has 1 saturated heterocycles. The Labute approximate surface area is 82.7 Å². The van der Waals surface area contributed by atoms with E-state index >= 15 is 0 Å². The molecule has 0 aliphatic carbocycles. The van der Waals surface area contributed by atoms with Crippen molar-refractivity contribution in [2.24, 2.45) is 5.92 Å². The molecule has 1 aliphatic heterocycles. The smallest absolute Gasteiger partial charge is 0.0110 e. The number of hydrogen-bond acceptors (Lipinski definition) is 2. The predicted molar refractivity (Wildman–Crippen MR) is 58.0 cm³/mol. The van der Waals surface area contributed by atoms with Gasteiger partial charge >= 0.3 is 0 Å². The standard InChI is InChI=1S/C11H24N2/c1-10(2)4-5-11(3)13-8-6-12-7-9-13/h10-12H,4-9H2,1-3H3. The highest BCUT2D eigenvalue weighted by atomic mass is 15.2. The zero-order chi connectivity index (χ0) is 9.68. The summed E-state index contributed by atoms with van der Waals surface area (Å²) in [6.45, 7) is 11.8. The van der Waals surface area contributed by atoms with E-state index in [9.17, 15) is 0 Å². The molecular formula is C11H24N2. The van der Waals surface area contributed by atoms with Gasteiger partial charge in [-0.05, 0) is 25.7 Å². The quantitative estimate of drug-likeness (QED) is 0.715. The zero-order valence-corrected chi connectivity index (χ0v) is 9.34. The van der Waals surface area contributed by atoms with Crippen molar-refractivity contribution < 1.29 is 0 Å². The van der Waals surface area contributed by atoms with Crippen LogP contribution in [0.15, 0.2) is 0 Å². The third-order valence-electron chi connectivity index (χ3n) is 2.94. The van der Waals surface area contributed by atoms with E-state index in [4.69, 9.17) is 0 Å². The maximum absolute atomic E-state index is 3.39. The lowest BCUT2D eigenvalue weighted by atomic mass is 10.0. The van der Waals surface area contributed by atoms with Gasteiger partial charge in [-0.15, -0.1) is 0 Å². The molecule has 13 heavy (non-hydrogen) atoms. The molecule has 1 atom stereocenters. The molecule has 0 aromatic rings. The fraction of sp³-hybridized carbons (Fsp3) is 1.00. The molecule has 1 aliphatic rings. The van der Waals surface area contributed by atoms with Crippen LogP contribution in [-0.4, -0.2) is 37.1 Å². The number of piperazine rings is 1. The average molecular weight is 184 g/mol. The van der Waals surface area contributed by atoms with Gasteiger partial charge in [0.1, 0.15) is 0 Å². The minimum absolute atomic E-state index is 0.782. The summed E-state index contributed by atoms with van der Waals surface area (Å²) in [5.41, 5.74) is 0. The summed E-state index contributed by atoms with van der Waals surface area (Å²) in [7, 11) is 0. The first-order valence-corrected chi connectivity index (χ1v) is 5.65. The highest BCUT2D eigenvalue weighted by Crippen LogP contribution is 2.11. The zero-order valence-electron chi connectivity index (χ0n) is 9.34. The molecule has 0 spiro atoms. The van der Waals surface area contributed by atoms with Crippen molar-refractivity contribution in [2.45, 2.75) is 39.7 Å². The van der Waals surface area contributed by atoms with Gasteiger partial charge in [0.2, 0.25) is 0 Å². The highest BCUT2D eigenvalue weighted by molar-refractivity contribution is 4.73. The van der Waals surface area contributed by atoms with Crippen LogP contribution in [0.25, 0.3) is 0 Å². The van der Waals surface area contributed by atoms with Crippen LogP contribution < -0.4 is 5.32 Å². The van der Waals surface area contributed by atoms with Crippen LogP contribution >= 0.6 is 0 Å². The third kappa shape index (κ3) is 4.10. The first kappa shape index (κ1) is 11.0. The minimum atomic E-state index is 0.782. The van der Waals surface area contributed by atoms with E-state index in [0.717, 1.165) is 12.0 Å². The Kier molecular flexibility index (Phi) is 4.74. The van der Waals surface area contributed by atoms with E-state index in [1.807, 2.05) is 0 Å². The van der Waals surface area contributed by atoms with Crippen molar-refractivity contribution in [3.63, 3.8) is 0 Å². The number of nitrogens with one attached hydrogen (secondary N) is 1. The van der Waals surface area contributed by atoms with Gasteiger partial charge < -0.3 is 5.32 Å². The first-order chi connectivity index (χ1) is 6.20. The van der Waals surface area contributed by atoms with E-state index in [1.54, 1.807) is 0 Å². The third-order valence-corrected chi connectivity index (χ3v) is 2.94. The van der Waals surface area contributed by atoms with Crippen molar-refractivity contribution in [1.82, 2.24) is 10.2 Å². The highest BCUT2D eigenvalue weighted by Gasteiger charge is 2.15. The second-order valence-corrected chi connectivity index (χ2v) is 4.61. The summed E-state index contributed by atoms with van der Waals surface area (Å²) in [6, 6.07) is 0.782. The van der Waals surface area contributed by atoms with Gasteiger partial charge in [0.15, 0.2) is 0 Å². The molecule has 0 saturated carbocycles. The molecule has 78 valence electrons. The van der Waals surface area contributed by atoms with Crippen molar-refractivity contribution in [1.29, 1.82) is 0 Å². The summed E-state index contributed by atoms with van der Waals surface area (Å²) in [5.74, 6) is 0.852. The largest absolute Gasteiger partial charge is 0.314 e. The molecule has 1 heterocycles. The number of hydrogen-bond donors (Lipinski definition) is 1. The van der Waals surface area contributed by atoms with Crippen molar-refractivity contribution in [2.75, 3.05) is 26.2 Å². The van der Waals surface area contributed by atoms with Gasteiger partial charge in [-0.3, -0.25) is 4.90 Å². The lowest BCUT2D eigenvalue weighted by molar-refractivity contribution is 0.171. The molecule has 0 aromatic heterocycles. The van der Waals surface area contributed by atoms with E-state index in [-0.39, 0.29) is 0 Å². The Hall–Kier alpha value is -0.0800.